The summed E-state index contributed by atoms with van der Waals surface area (Å²) in [6, 6.07) is 23.5. The first-order valence-corrected chi connectivity index (χ1v) is 11.9. The third-order valence-electron chi connectivity index (χ3n) is 5.75. The summed E-state index contributed by atoms with van der Waals surface area (Å²) < 4.78 is 28.6. The number of hydrogen-bond acceptors (Lipinski definition) is 4. The second-order valence-electron chi connectivity index (χ2n) is 8.15. The van der Waals surface area contributed by atoms with Crippen LogP contribution in [0.4, 0.5) is 5.69 Å². The van der Waals surface area contributed by atoms with E-state index in [0.29, 0.717) is 12.1 Å². The Morgan fingerprint density at radius 2 is 1.50 bits per heavy atom. The molecular formula is C25H27N3O3S. The minimum atomic E-state index is -3.80. The molecule has 1 amide bonds. The van der Waals surface area contributed by atoms with Crippen LogP contribution in [-0.4, -0.2) is 50.7 Å². The fourth-order valence-electron chi connectivity index (χ4n) is 3.95. The van der Waals surface area contributed by atoms with E-state index >= 15 is 0 Å². The quantitative estimate of drug-likeness (QED) is 0.593. The average molecular weight is 450 g/mol. The summed E-state index contributed by atoms with van der Waals surface area (Å²) in [5.74, 6) is -0.186. The standard InChI is InChI=1S/C25H27N3O3S/c1-19-9-15-23(16-10-19)32(30,31)28-18-17-27(25(29)21-7-5-4-6-8-21)24(28)20-11-13-22(14-12-20)26(2)3/h4-16,24H,17-18H2,1-3H3/t24-/m1/s1. The monoisotopic (exact) mass is 449 g/mol. The predicted octanol–water partition coefficient (Wildman–Crippen LogP) is 3.91. The van der Waals surface area contributed by atoms with Crippen LogP contribution in [0.3, 0.4) is 0 Å². The zero-order valence-corrected chi connectivity index (χ0v) is 19.3. The van der Waals surface area contributed by atoms with Gasteiger partial charge in [-0.15, -0.1) is 0 Å². The molecule has 1 aliphatic heterocycles. The average Bonchev–Trinajstić information content (AvgIpc) is 3.25. The highest BCUT2D eigenvalue weighted by molar-refractivity contribution is 7.89. The fourth-order valence-corrected chi connectivity index (χ4v) is 5.52. The van der Waals surface area contributed by atoms with Crippen molar-refractivity contribution in [2.45, 2.75) is 18.0 Å². The molecule has 6 nitrogen and oxygen atoms in total. The number of benzene rings is 3. The fraction of sp³-hybridized carbons (Fsp3) is 0.240. The number of rotatable bonds is 5. The van der Waals surface area contributed by atoms with Crippen molar-refractivity contribution < 1.29 is 13.2 Å². The zero-order valence-electron chi connectivity index (χ0n) is 18.5. The molecule has 1 saturated heterocycles. The molecule has 0 aromatic heterocycles. The Morgan fingerprint density at radius 1 is 0.875 bits per heavy atom. The maximum Gasteiger partial charge on any atom is 0.255 e. The van der Waals surface area contributed by atoms with E-state index in [0.717, 1.165) is 16.8 Å². The van der Waals surface area contributed by atoms with Crippen LogP contribution < -0.4 is 4.90 Å². The van der Waals surface area contributed by atoms with Crippen LogP contribution in [0.5, 0.6) is 0 Å². The third kappa shape index (κ3) is 4.13. The van der Waals surface area contributed by atoms with Gasteiger partial charge < -0.3 is 9.80 Å². The van der Waals surface area contributed by atoms with E-state index < -0.39 is 16.2 Å². The van der Waals surface area contributed by atoms with Gasteiger partial charge in [0.15, 0.2) is 0 Å². The molecule has 1 fully saturated rings. The highest BCUT2D eigenvalue weighted by atomic mass is 32.2. The van der Waals surface area contributed by atoms with E-state index in [1.54, 1.807) is 41.3 Å². The Labute approximate surface area is 189 Å². The van der Waals surface area contributed by atoms with Gasteiger partial charge in [0, 0.05) is 38.4 Å². The highest BCUT2D eigenvalue weighted by Gasteiger charge is 2.43. The van der Waals surface area contributed by atoms with E-state index in [4.69, 9.17) is 0 Å². The van der Waals surface area contributed by atoms with Gasteiger partial charge in [0.2, 0.25) is 10.0 Å². The number of sulfonamides is 1. The van der Waals surface area contributed by atoms with E-state index in [1.807, 2.05) is 68.4 Å². The summed E-state index contributed by atoms with van der Waals surface area (Å²) in [5, 5.41) is 0. The van der Waals surface area contributed by atoms with E-state index in [-0.39, 0.29) is 17.3 Å². The molecule has 0 aliphatic carbocycles. The van der Waals surface area contributed by atoms with E-state index in [1.165, 1.54) is 4.31 Å². The van der Waals surface area contributed by atoms with Crippen molar-refractivity contribution in [1.29, 1.82) is 0 Å². The molecule has 0 bridgehead atoms. The van der Waals surface area contributed by atoms with E-state index in [2.05, 4.69) is 0 Å². The van der Waals surface area contributed by atoms with Gasteiger partial charge in [0.1, 0.15) is 6.17 Å². The maximum atomic E-state index is 13.6. The van der Waals surface area contributed by atoms with Gasteiger partial charge >= 0.3 is 0 Å². The van der Waals surface area contributed by atoms with Gasteiger partial charge in [-0.2, -0.15) is 4.31 Å². The molecule has 1 atom stereocenters. The smallest absolute Gasteiger partial charge is 0.255 e. The summed E-state index contributed by atoms with van der Waals surface area (Å²) in [6.07, 6.45) is -0.717. The molecule has 0 saturated carbocycles. The molecule has 3 aromatic rings. The number of aryl methyl sites for hydroxylation is 1. The second kappa shape index (κ2) is 8.76. The third-order valence-corrected chi connectivity index (χ3v) is 7.61. The van der Waals surface area contributed by atoms with Crippen molar-refractivity contribution in [1.82, 2.24) is 9.21 Å². The Bertz CT molecular complexity index is 1190. The first kappa shape index (κ1) is 22.0. The Hall–Kier alpha value is -3.16. The zero-order chi connectivity index (χ0) is 22.9. The van der Waals surface area contributed by atoms with Crippen LogP contribution in [0.25, 0.3) is 0 Å². The van der Waals surface area contributed by atoms with Crippen molar-refractivity contribution >= 4 is 21.6 Å². The maximum absolute atomic E-state index is 13.6. The number of hydrogen-bond donors (Lipinski definition) is 0. The lowest BCUT2D eigenvalue weighted by Gasteiger charge is -2.30. The van der Waals surface area contributed by atoms with Gasteiger partial charge in [0.05, 0.1) is 4.90 Å². The van der Waals surface area contributed by atoms with Crippen LogP contribution in [0.1, 0.15) is 27.7 Å². The first-order chi connectivity index (χ1) is 15.3. The molecule has 7 heteroatoms. The summed E-state index contributed by atoms with van der Waals surface area (Å²) in [7, 11) is 0.0979. The molecule has 0 unspecified atom stereocenters. The van der Waals surface area contributed by atoms with Crippen LogP contribution in [-0.2, 0) is 10.0 Å². The van der Waals surface area contributed by atoms with Crippen molar-refractivity contribution in [3.05, 3.63) is 95.6 Å². The number of carbonyl (C=O) groups is 1. The molecule has 3 aromatic carbocycles. The summed E-state index contributed by atoms with van der Waals surface area (Å²) in [5.41, 5.74) is 3.28. The van der Waals surface area contributed by atoms with Crippen molar-refractivity contribution in [3.63, 3.8) is 0 Å². The van der Waals surface area contributed by atoms with Crippen molar-refractivity contribution in [2.75, 3.05) is 32.1 Å². The topological polar surface area (TPSA) is 60.9 Å². The molecular weight excluding hydrogens is 422 g/mol. The Morgan fingerprint density at radius 3 is 2.09 bits per heavy atom. The largest absolute Gasteiger partial charge is 0.378 e. The molecule has 0 radical (unpaired) electrons. The minimum Gasteiger partial charge on any atom is -0.378 e. The number of anilines is 1. The Kier molecular flexibility index (Phi) is 6.04. The number of nitrogens with zero attached hydrogens (tertiary/aromatic N) is 3. The number of carbonyl (C=O) groups excluding carboxylic acids is 1. The lowest BCUT2D eigenvalue weighted by Crippen LogP contribution is -2.38. The van der Waals surface area contributed by atoms with Gasteiger partial charge in [0.25, 0.3) is 5.91 Å². The first-order valence-electron chi connectivity index (χ1n) is 10.5. The normalized spacial score (nSPS) is 16.8. The molecule has 0 N–H and O–H groups in total. The van der Waals surface area contributed by atoms with Crippen LogP contribution in [0.2, 0.25) is 0 Å². The summed E-state index contributed by atoms with van der Waals surface area (Å²) >= 11 is 0. The highest BCUT2D eigenvalue weighted by Crippen LogP contribution is 2.36. The molecule has 32 heavy (non-hydrogen) atoms. The lowest BCUT2D eigenvalue weighted by atomic mass is 10.1. The summed E-state index contributed by atoms with van der Waals surface area (Å²) in [4.78, 5) is 17.2. The molecule has 166 valence electrons. The molecule has 1 heterocycles. The summed E-state index contributed by atoms with van der Waals surface area (Å²) in [6.45, 7) is 2.47. The van der Waals surface area contributed by atoms with Crippen molar-refractivity contribution in [3.8, 4) is 0 Å². The SMILES string of the molecule is Cc1ccc(S(=O)(=O)N2CCN(C(=O)c3ccccc3)[C@H]2c2ccc(N(C)C)cc2)cc1. The second-order valence-corrected chi connectivity index (χ2v) is 10.0. The molecule has 1 aliphatic rings. The van der Waals surface area contributed by atoms with E-state index in [9.17, 15) is 13.2 Å². The van der Waals surface area contributed by atoms with Gasteiger partial charge in [-0.1, -0.05) is 48.0 Å². The number of amides is 1. The molecule has 4 rings (SSSR count). The van der Waals surface area contributed by atoms with Gasteiger partial charge in [-0.05, 0) is 48.9 Å². The van der Waals surface area contributed by atoms with Gasteiger partial charge in [-0.25, -0.2) is 8.42 Å². The predicted molar refractivity (Wildman–Crippen MR) is 126 cm³/mol. The van der Waals surface area contributed by atoms with Gasteiger partial charge in [-0.3, -0.25) is 4.79 Å². The van der Waals surface area contributed by atoms with Crippen molar-refractivity contribution in [2.24, 2.45) is 0 Å². The van der Waals surface area contributed by atoms with Crippen LogP contribution >= 0.6 is 0 Å². The molecule has 0 spiro atoms. The minimum absolute atomic E-state index is 0.186. The lowest BCUT2D eigenvalue weighted by molar-refractivity contribution is 0.0693. The van der Waals surface area contributed by atoms with Crippen LogP contribution in [0, 0.1) is 6.92 Å². The Balaban J connectivity index is 1.77. The van der Waals surface area contributed by atoms with Crippen LogP contribution in [0.15, 0.2) is 83.8 Å².